The Labute approximate surface area is 277 Å². The van der Waals surface area contributed by atoms with Gasteiger partial charge in [0.15, 0.2) is 0 Å². The average molecular weight is 711 g/mol. The number of rotatable bonds is 26. The Morgan fingerprint density at radius 3 is 1.10 bits per heavy atom. The van der Waals surface area contributed by atoms with Crippen molar-refractivity contribution < 1.29 is 42.9 Å². The van der Waals surface area contributed by atoms with Gasteiger partial charge in [-0.15, -0.1) is 0 Å². The van der Waals surface area contributed by atoms with Crippen LogP contribution in [0.15, 0.2) is 24.3 Å². The van der Waals surface area contributed by atoms with Gasteiger partial charge in [-0.1, -0.05) is 121 Å². The molecule has 1 aromatic carbocycles. The molecule has 0 N–H and O–H groups in total. The van der Waals surface area contributed by atoms with E-state index in [1.54, 1.807) is 0 Å². The third-order valence-electron chi connectivity index (χ3n) is 8.42. The van der Waals surface area contributed by atoms with Crippen molar-refractivity contribution in [2.45, 2.75) is 142 Å². The van der Waals surface area contributed by atoms with Gasteiger partial charge in [-0.05, 0) is 50.7 Å². The highest BCUT2D eigenvalue weighted by molar-refractivity contribution is 6.30. The maximum Gasteiger partial charge on any atom is 0.104 e. The summed E-state index contributed by atoms with van der Waals surface area (Å²) in [6, 6.07) is 8.36. The Morgan fingerprint density at radius 2 is 0.750 bits per heavy atom. The summed E-state index contributed by atoms with van der Waals surface area (Å²) >= 11 is 6.02. The first kappa shape index (κ1) is 42.5. The summed E-state index contributed by atoms with van der Waals surface area (Å²) in [7, 11) is 9.61. The van der Waals surface area contributed by atoms with Crippen LogP contribution in [0.1, 0.15) is 141 Å². The van der Waals surface area contributed by atoms with Crippen molar-refractivity contribution in [3.8, 4) is 0 Å². The molecule has 40 heavy (non-hydrogen) atoms. The standard InChI is InChI=1S/C35H67ClN2.2BrH/c1-6-7-8-9-10-11-12-13-14-17-20-23-30-37(2,3)31-24-21-18-15-16-19-22-25-32-38(4,5)33-34-26-28-35(36)29-27-34;;/h26-29H,6-25,30-33H2,1-5H3;2*1H/q+2;;/p-2. The summed E-state index contributed by atoms with van der Waals surface area (Å²) < 4.78 is 2.29. The van der Waals surface area contributed by atoms with E-state index in [0.717, 1.165) is 16.1 Å². The summed E-state index contributed by atoms with van der Waals surface area (Å²) in [6.07, 6.45) is 28.6. The molecule has 238 valence electrons. The monoisotopic (exact) mass is 708 g/mol. The molecule has 0 aliphatic rings. The van der Waals surface area contributed by atoms with E-state index < -0.39 is 0 Å². The molecular weight excluding hydrogens is 644 g/mol. The maximum atomic E-state index is 6.02. The first-order chi connectivity index (χ1) is 18.2. The third-order valence-corrected chi connectivity index (χ3v) is 8.67. The summed E-state index contributed by atoms with van der Waals surface area (Å²) in [4.78, 5) is 0. The Kier molecular flexibility index (Phi) is 28.7. The van der Waals surface area contributed by atoms with E-state index in [4.69, 9.17) is 11.6 Å². The van der Waals surface area contributed by atoms with E-state index in [9.17, 15) is 0 Å². The highest BCUT2D eigenvalue weighted by Gasteiger charge is 2.15. The van der Waals surface area contributed by atoms with E-state index >= 15 is 0 Å². The predicted molar refractivity (Wildman–Crippen MR) is 172 cm³/mol. The van der Waals surface area contributed by atoms with E-state index in [-0.39, 0.29) is 34.0 Å². The Bertz CT molecular complexity index is 664. The minimum absolute atomic E-state index is 0. The third kappa shape index (κ3) is 26.1. The van der Waals surface area contributed by atoms with Gasteiger partial charge in [0.1, 0.15) is 6.54 Å². The fraction of sp³-hybridized carbons (Fsp3) is 0.829. The fourth-order valence-corrected chi connectivity index (χ4v) is 5.92. The van der Waals surface area contributed by atoms with Crippen molar-refractivity contribution in [2.24, 2.45) is 0 Å². The second-order valence-corrected chi connectivity index (χ2v) is 14.0. The molecule has 0 aliphatic carbocycles. The molecule has 0 aromatic heterocycles. The van der Waals surface area contributed by atoms with Crippen LogP contribution in [-0.4, -0.2) is 56.8 Å². The normalized spacial score (nSPS) is 11.8. The topological polar surface area (TPSA) is 0 Å². The fourth-order valence-electron chi connectivity index (χ4n) is 5.80. The number of unbranched alkanes of at least 4 members (excludes halogenated alkanes) is 18. The second kappa shape index (κ2) is 27.0. The zero-order valence-corrected chi connectivity index (χ0v) is 31.2. The van der Waals surface area contributed by atoms with Crippen molar-refractivity contribution in [1.82, 2.24) is 0 Å². The quantitative estimate of drug-likeness (QED) is 0.0957. The van der Waals surface area contributed by atoms with E-state index in [1.165, 1.54) is 158 Å². The van der Waals surface area contributed by atoms with Crippen LogP contribution >= 0.6 is 11.6 Å². The molecule has 0 fully saturated rings. The van der Waals surface area contributed by atoms with E-state index in [2.05, 4.69) is 47.2 Å². The van der Waals surface area contributed by atoms with Gasteiger partial charge in [0.05, 0.1) is 47.8 Å². The maximum absolute atomic E-state index is 6.02. The lowest BCUT2D eigenvalue weighted by Crippen LogP contribution is -3.00. The molecule has 0 spiro atoms. The van der Waals surface area contributed by atoms with Crippen LogP contribution in [0.25, 0.3) is 0 Å². The molecule has 0 radical (unpaired) electrons. The molecule has 0 aliphatic heterocycles. The number of hydrogen-bond donors (Lipinski definition) is 0. The zero-order valence-electron chi connectivity index (χ0n) is 27.3. The number of halogens is 3. The van der Waals surface area contributed by atoms with Gasteiger partial charge in [0.2, 0.25) is 0 Å². The van der Waals surface area contributed by atoms with Gasteiger partial charge in [0.25, 0.3) is 0 Å². The summed E-state index contributed by atoms with van der Waals surface area (Å²) in [5.41, 5.74) is 1.38. The highest BCUT2D eigenvalue weighted by Crippen LogP contribution is 2.17. The van der Waals surface area contributed by atoms with Crippen molar-refractivity contribution in [3.63, 3.8) is 0 Å². The predicted octanol–water partition coefficient (Wildman–Crippen LogP) is 4.82. The van der Waals surface area contributed by atoms with E-state index in [1.807, 2.05) is 12.1 Å². The smallest absolute Gasteiger partial charge is 0.104 e. The molecule has 0 saturated heterocycles. The van der Waals surface area contributed by atoms with Gasteiger partial charge >= 0.3 is 0 Å². The van der Waals surface area contributed by atoms with Crippen molar-refractivity contribution in [1.29, 1.82) is 0 Å². The van der Waals surface area contributed by atoms with E-state index in [0.29, 0.717) is 0 Å². The molecular formula is C35H67Br2ClN2. The number of benzene rings is 1. The molecule has 1 rings (SSSR count). The molecule has 1 aromatic rings. The minimum atomic E-state index is 0. The number of nitrogens with zero attached hydrogens (tertiary/aromatic N) is 2. The van der Waals surface area contributed by atoms with Crippen LogP contribution in [0.3, 0.4) is 0 Å². The lowest BCUT2D eigenvalue weighted by atomic mass is 10.0. The molecule has 0 atom stereocenters. The van der Waals surface area contributed by atoms with Gasteiger partial charge in [-0.25, -0.2) is 0 Å². The van der Waals surface area contributed by atoms with Crippen LogP contribution in [0.5, 0.6) is 0 Å². The Morgan fingerprint density at radius 1 is 0.450 bits per heavy atom. The molecule has 2 nitrogen and oxygen atoms in total. The summed E-state index contributed by atoms with van der Waals surface area (Å²) in [6.45, 7) is 7.38. The van der Waals surface area contributed by atoms with Crippen LogP contribution in [0.2, 0.25) is 5.02 Å². The van der Waals surface area contributed by atoms with Crippen molar-refractivity contribution >= 4 is 11.6 Å². The lowest BCUT2D eigenvalue weighted by molar-refractivity contribution is -0.903. The van der Waals surface area contributed by atoms with Crippen LogP contribution in [-0.2, 0) is 6.54 Å². The summed E-state index contributed by atoms with van der Waals surface area (Å²) in [5.74, 6) is 0. The van der Waals surface area contributed by atoms with Gasteiger partial charge in [-0.2, -0.15) is 0 Å². The molecule has 0 saturated carbocycles. The highest BCUT2D eigenvalue weighted by atomic mass is 79.9. The van der Waals surface area contributed by atoms with Gasteiger partial charge in [-0.3, -0.25) is 0 Å². The second-order valence-electron chi connectivity index (χ2n) is 13.5. The largest absolute Gasteiger partial charge is 1.00 e. The van der Waals surface area contributed by atoms with Crippen LogP contribution in [0.4, 0.5) is 0 Å². The molecule has 5 heteroatoms. The van der Waals surface area contributed by atoms with Crippen LogP contribution in [0, 0.1) is 0 Å². The summed E-state index contributed by atoms with van der Waals surface area (Å²) in [5, 5.41) is 0.830. The lowest BCUT2D eigenvalue weighted by Gasteiger charge is -2.30. The molecule has 0 unspecified atom stereocenters. The van der Waals surface area contributed by atoms with Crippen LogP contribution < -0.4 is 34.0 Å². The van der Waals surface area contributed by atoms with Crippen molar-refractivity contribution in [2.75, 3.05) is 47.8 Å². The SMILES string of the molecule is CCCCCCCCCCCCCC[N+](C)(C)CCCCCCCCCC[N+](C)(C)Cc1ccc(Cl)cc1.[Br-].[Br-]. The molecule has 0 amide bonds. The average Bonchev–Trinajstić information content (AvgIpc) is 2.87. The Hall–Kier alpha value is 0.390. The zero-order chi connectivity index (χ0) is 28.0. The van der Waals surface area contributed by atoms with Crippen molar-refractivity contribution in [3.05, 3.63) is 34.9 Å². The first-order valence-electron chi connectivity index (χ1n) is 16.6. The Balaban J connectivity index is 0. The van der Waals surface area contributed by atoms with Gasteiger partial charge in [0, 0.05) is 10.6 Å². The molecule has 0 heterocycles. The number of quaternary nitrogens is 2. The first-order valence-corrected chi connectivity index (χ1v) is 17.0. The number of hydrogen-bond acceptors (Lipinski definition) is 0. The van der Waals surface area contributed by atoms with Gasteiger partial charge < -0.3 is 42.9 Å². The minimum Gasteiger partial charge on any atom is -1.00 e. The molecule has 0 bridgehead atoms.